The van der Waals surface area contributed by atoms with E-state index in [-0.39, 0.29) is 5.60 Å². The Bertz CT molecular complexity index is 767. The van der Waals surface area contributed by atoms with Gasteiger partial charge in [0.2, 0.25) is 0 Å². The molecular formula is C26H37NO. The summed E-state index contributed by atoms with van der Waals surface area (Å²) in [6.45, 7) is 14.1. The molecule has 0 saturated heterocycles. The Labute approximate surface area is 172 Å². The molecule has 0 aliphatic carbocycles. The molecule has 1 aromatic rings. The summed E-state index contributed by atoms with van der Waals surface area (Å²) >= 11 is 0. The Balaban J connectivity index is 1.86. The Morgan fingerprint density at radius 3 is 2.75 bits per heavy atom. The summed E-state index contributed by atoms with van der Waals surface area (Å²) in [6.07, 6.45) is 11.9. The van der Waals surface area contributed by atoms with E-state index < -0.39 is 0 Å². The van der Waals surface area contributed by atoms with Gasteiger partial charge >= 0.3 is 0 Å². The zero-order valence-electron chi connectivity index (χ0n) is 18.5. The SMILES string of the molecule is C#CCN1CCC2=C(C1)c1ccc(C(C)C(C)CCCCC)cc1OC2(C)C. The van der Waals surface area contributed by atoms with E-state index in [1.807, 2.05) is 0 Å². The van der Waals surface area contributed by atoms with Gasteiger partial charge < -0.3 is 4.74 Å². The van der Waals surface area contributed by atoms with Crippen molar-refractivity contribution in [2.75, 3.05) is 19.6 Å². The predicted molar refractivity (Wildman–Crippen MR) is 120 cm³/mol. The van der Waals surface area contributed by atoms with E-state index in [0.717, 1.165) is 31.8 Å². The Morgan fingerprint density at radius 1 is 1.25 bits per heavy atom. The highest BCUT2D eigenvalue weighted by Gasteiger charge is 2.37. The van der Waals surface area contributed by atoms with E-state index in [1.54, 1.807) is 0 Å². The number of fused-ring (bicyclic) bond motifs is 2. The number of unbranched alkanes of at least 4 members (excludes halogenated alkanes) is 2. The molecule has 1 aromatic carbocycles. The number of rotatable bonds is 7. The molecule has 0 saturated carbocycles. The lowest BCUT2D eigenvalue weighted by atomic mass is 9.80. The largest absolute Gasteiger partial charge is 0.483 e. The van der Waals surface area contributed by atoms with Crippen LogP contribution in [0.3, 0.4) is 0 Å². The van der Waals surface area contributed by atoms with Gasteiger partial charge in [-0.25, -0.2) is 0 Å². The summed E-state index contributed by atoms with van der Waals surface area (Å²) in [4.78, 5) is 2.37. The van der Waals surface area contributed by atoms with Gasteiger partial charge in [-0.05, 0) is 54.9 Å². The van der Waals surface area contributed by atoms with Crippen LogP contribution in [0.2, 0.25) is 0 Å². The van der Waals surface area contributed by atoms with Crippen LogP contribution in [0.4, 0.5) is 0 Å². The van der Waals surface area contributed by atoms with Gasteiger partial charge in [0, 0.05) is 18.7 Å². The van der Waals surface area contributed by atoms with Crippen molar-refractivity contribution in [1.29, 1.82) is 0 Å². The highest BCUT2D eigenvalue weighted by molar-refractivity contribution is 5.78. The summed E-state index contributed by atoms with van der Waals surface area (Å²) in [5.41, 5.74) is 5.31. The van der Waals surface area contributed by atoms with Crippen molar-refractivity contribution >= 4 is 5.57 Å². The highest BCUT2D eigenvalue weighted by Crippen LogP contribution is 2.45. The van der Waals surface area contributed by atoms with E-state index in [9.17, 15) is 0 Å². The van der Waals surface area contributed by atoms with Gasteiger partial charge in [-0.1, -0.05) is 64.5 Å². The lowest BCUT2D eigenvalue weighted by molar-refractivity contribution is 0.132. The third-order valence-corrected chi connectivity index (χ3v) is 6.80. The summed E-state index contributed by atoms with van der Waals surface area (Å²) in [5, 5.41) is 0. The number of terminal acetylenes is 1. The van der Waals surface area contributed by atoms with Crippen LogP contribution in [-0.2, 0) is 0 Å². The van der Waals surface area contributed by atoms with E-state index in [2.05, 4.69) is 63.6 Å². The molecule has 2 aliphatic heterocycles. The molecule has 0 radical (unpaired) electrons. The molecule has 0 spiro atoms. The van der Waals surface area contributed by atoms with Crippen molar-refractivity contribution < 1.29 is 4.74 Å². The molecule has 152 valence electrons. The summed E-state index contributed by atoms with van der Waals surface area (Å²) in [5.74, 6) is 5.10. The number of hydrogen-bond acceptors (Lipinski definition) is 2. The minimum atomic E-state index is -0.237. The van der Waals surface area contributed by atoms with Crippen LogP contribution >= 0.6 is 0 Å². The fourth-order valence-corrected chi connectivity index (χ4v) is 4.78. The maximum atomic E-state index is 6.54. The molecule has 28 heavy (non-hydrogen) atoms. The maximum absolute atomic E-state index is 6.54. The van der Waals surface area contributed by atoms with Crippen LogP contribution in [-0.4, -0.2) is 30.1 Å². The van der Waals surface area contributed by atoms with Crippen LogP contribution in [0.5, 0.6) is 5.75 Å². The second-order valence-electron chi connectivity index (χ2n) is 9.25. The van der Waals surface area contributed by atoms with Crippen LogP contribution in [0, 0.1) is 18.3 Å². The zero-order valence-corrected chi connectivity index (χ0v) is 18.5. The molecular weight excluding hydrogens is 342 g/mol. The number of ether oxygens (including phenoxy) is 1. The predicted octanol–water partition coefficient (Wildman–Crippen LogP) is 6.27. The third-order valence-electron chi connectivity index (χ3n) is 6.80. The highest BCUT2D eigenvalue weighted by atomic mass is 16.5. The zero-order chi connectivity index (χ0) is 20.3. The standard InChI is InChI=1S/C26H37NO/c1-7-9-10-11-19(3)20(4)21-12-13-22-23-18-27(15-8-2)16-14-24(23)26(5,6)28-25(22)17-21/h2,12-13,17,19-20H,7,9-11,14-16,18H2,1,3-6H3. The van der Waals surface area contributed by atoms with Crippen LogP contribution in [0.15, 0.2) is 23.8 Å². The van der Waals surface area contributed by atoms with Crippen LogP contribution in [0.1, 0.15) is 83.8 Å². The lowest BCUT2D eigenvalue weighted by Crippen LogP contribution is -2.42. The summed E-state index contributed by atoms with van der Waals surface area (Å²) in [6, 6.07) is 6.93. The molecule has 0 aromatic heterocycles. The second kappa shape index (κ2) is 8.75. The van der Waals surface area contributed by atoms with Gasteiger partial charge in [0.05, 0.1) is 6.54 Å². The normalized spacial score (nSPS) is 20.6. The number of benzene rings is 1. The summed E-state index contributed by atoms with van der Waals surface area (Å²) in [7, 11) is 0. The fraction of sp³-hybridized carbons (Fsp3) is 0.615. The van der Waals surface area contributed by atoms with Crippen molar-refractivity contribution in [3.63, 3.8) is 0 Å². The molecule has 0 bridgehead atoms. The molecule has 2 unspecified atom stereocenters. The van der Waals surface area contributed by atoms with Crippen molar-refractivity contribution in [2.24, 2.45) is 5.92 Å². The first kappa shape index (κ1) is 21.0. The van der Waals surface area contributed by atoms with Crippen molar-refractivity contribution in [2.45, 2.75) is 78.2 Å². The van der Waals surface area contributed by atoms with E-state index >= 15 is 0 Å². The molecule has 2 atom stereocenters. The van der Waals surface area contributed by atoms with Crippen molar-refractivity contribution in [3.05, 3.63) is 34.9 Å². The maximum Gasteiger partial charge on any atom is 0.128 e. The van der Waals surface area contributed by atoms with E-state index in [1.165, 1.54) is 48.0 Å². The van der Waals surface area contributed by atoms with Gasteiger partial charge in [0.15, 0.2) is 0 Å². The average Bonchev–Trinajstić information content (AvgIpc) is 2.67. The van der Waals surface area contributed by atoms with Gasteiger partial charge in [-0.2, -0.15) is 0 Å². The van der Waals surface area contributed by atoms with Gasteiger partial charge in [-0.3, -0.25) is 4.90 Å². The van der Waals surface area contributed by atoms with Crippen molar-refractivity contribution in [3.8, 4) is 18.1 Å². The minimum absolute atomic E-state index is 0.237. The lowest BCUT2D eigenvalue weighted by Gasteiger charge is -2.42. The first-order valence-corrected chi connectivity index (χ1v) is 11.1. The van der Waals surface area contributed by atoms with Crippen LogP contribution < -0.4 is 4.74 Å². The molecule has 2 heterocycles. The average molecular weight is 380 g/mol. The fourth-order valence-electron chi connectivity index (χ4n) is 4.78. The number of nitrogens with zero attached hydrogens (tertiary/aromatic N) is 1. The van der Waals surface area contributed by atoms with Gasteiger partial charge in [0.1, 0.15) is 11.4 Å². The van der Waals surface area contributed by atoms with Gasteiger partial charge in [0.25, 0.3) is 0 Å². The topological polar surface area (TPSA) is 12.5 Å². The van der Waals surface area contributed by atoms with E-state index in [4.69, 9.17) is 11.2 Å². The molecule has 2 nitrogen and oxygen atoms in total. The molecule has 3 rings (SSSR count). The first-order valence-electron chi connectivity index (χ1n) is 11.1. The monoisotopic (exact) mass is 379 g/mol. The third kappa shape index (κ3) is 4.31. The molecule has 0 N–H and O–H groups in total. The number of hydrogen-bond donors (Lipinski definition) is 0. The molecule has 2 aliphatic rings. The van der Waals surface area contributed by atoms with E-state index in [0.29, 0.717) is 11.8 Å². The Hall–Kier alpha value is -1.72. The quantitative estimate of drug-likeness (QED) is 0.409. The summed E-state index contributed by atoms with van der Waals surface area (Å²) < 4.78 is 6.54. The van der Waals surface area contributed by atoms with Crippen molar-refractivity contribution in [1.82, 2.24) is 4.90 Å². The molecule has 2 heteroatoms. The Morgan fingerprint density at radius 2 is 2.04 bits per heavy atom. The van der Waals surface area contributed by atoms with Gasteiger partial charge in [-0.15, -0.1) is 6.42 Å². The first-order chi connectivity index (χ1) is 13.4. The molecule has 0 amide bonds. The Kier molecular flexibility index (Phi) is 6.56. The smallest absolute Gasteiger partial charge is 0.128 e. The minimum Gasteiger partial charge on any atom is -0.483 e. The molecule has 0 fully saturated rings. The van der Waals surface area contributed by atoms with Crippen LogP contribution in [0.25, 0.3) is 5.57 Å². The second-order valence-corrected chi connectivity index (χ2v) is 9.25.